The van der Waals surface area contributed by atoms with Crippen LogP contribution in [-0.4, -0.2) is 31.6 Å². The second-order valence-electron chi connectivity index (χ2n) is 5.67. The predicted molar refractivity (Wildman–Crippen MR) is 91.1 cm³/mol. The van der Waals surface area contributed by atoms with Gasteiger partial charge in [-0.15, -0.1) is 0 Å². The summed E-state index contributed by atoms with van der Waals surface area (Å²) in [4.78, 5) is 23.3. The standard InChI is InChI=1S/C19H19F2NO4/c1-12-3-6-17(13(2)9-12)25-8-7-22-18(23)11-26-19(24)14-4-5-15(20)16(21)10-14/h3-6,9-10H,7-8,11H2,1-2H3,(H,22,23). The van der Waals surface area contributed by atoms with Gasteiger partial charge in [0.05, 0.1) is 12.1 Å². The Hall–Kier alpha value is -2.96. The smallest absolute Gasteiger partial charge is 0.338 e. The summed E-state index contributed by atoms with van der Waals surface area (Å²) in [5.41, 5.74) is 1.96. The fraction of sp³-hybridized carbons (Fsp3) is 0.263. The van der Waals surface area contributed by atoms with Crippen LogP contribution in [0, 0.1) is 25.5 Å². The summed E-state index contributed by atoms with van der Waals surface area (Å²) >= 11 is 0. The third-order valence-corrected chi connectivity index (χ3v) is 3.50. The van der Waals surface area contributed by atoms with Gasteiger partial charge < -0.3 is 14.8 Å². The third-order valence-electron chi connectivity index (χ3n) is 3.50. The van der Waals surface area contributed by atoms with E-state index in [1.807, 2.05) is 32.0 Å². The third kappa shape index (κ3) is 5.54. The number of hydrogen-bond acceptors (Lipinski definition) is 4. The van der Waals surface area contributed by atoms with Crippen molar-refractivity contribution in [3.05, 3.63) is 64.7 Å². The Kier molecular flexibility index (Phi) is 6.66. The molecule has 26 heavy (non-hydrogen) atoms. The first-order chi connectivity index (χ1) is 12.4. The second-order valence-corrected chi connectivity index (χ2v) is 5.67. The van der Waals surface area contributed by atoms with Crippen molar-refractivity contribution < 1.29 is 27.8 Å². The minimum atomic E-state index is -1.16. The molecule has 138 valence electrons. The zero-order chi connectivity index (χ0) is 19.1. The minimum Gasteiger partial charge on any atom is -0.491 e. The number of ether oxygens (including phenoxy) is 2. The fourth-order valence-corrected chi connectivity index (χ4v) is 2.20. The first-order valence-electron chi connectivity index (χ1n) is 7.95. The minimum absolute atomic E-state index is 0.171. The van der Waals surface area contributed by atoms with Gasteiger partial charge in [0.2, 0.25) is 0 Å². The van der Waals surface area contributed by atoms with Gasteiger partial charge in [-0.3, -0.25) is 4.79 Å². The Labute approximate surface area is 149 Å². The van der Waals surface area contributed by atoms with Crippen LogP contribution >= 0.6 is 0 Å². The number of carbonyl (C=O) groups excluding carboxylic acids is 2. The molecule has 0 saturated heterocycles. The maximum atomic E-state index is 13.1. The van der Waals surface area contributed by atoms with E-state index in [4.69, 9.17) is 9.47 Å². The zero-order valence-electron chi connectivity index (χ0n) is 14.5. The quantitative estimate of drug-likeness (QED) is 0.607. The van der Waals surface area contributed by atoms with Crippen LogP contribution in [0.3, 0.4) is 0 Å². The van der Waals surface area contributed by atoms with Crippen molar-refractivity contribution in [3.63, 3.8) is 0 Å². The molecular weight excluding hydrogens is 344 g/mol. The molecule has 0 spiro atoms. The topological polar surface area (TPSA) is 64.6 Å². The molecule has 0 bridgehead atoms. The average Bonchev–Trinajstić information content (AvgIpc) is 2.60. The number of rotatable bonds is 7. The Bertz CT molecular complexity index is 808. The van der Waals surface area contributed by atoms with Gasteiger partial charge >= 0.3 is 5.97 Å². The molecular formula is C19H19F2NO4. The maximum Gasteiger partial charge on any atom is 0.338 e. The first kappa shape index (κ1) is 19.4. The van der Waals surface area contributed by atoms with E-state index in [1.54, 1.807) is 0 Å². The largest absolute Gasteiger partial charge is 0.491 e. The molecule has 2 rings (SSSR count). The van der Waals surface area contributed by atoms with Crippen LogP contribution in [0.2, 0.25) is 0 Å². The Morgan fingerprint density at radius 1 is 1.04 bits per heavy atom. The normalized spacial score (nSPS) is 10.3. The van der Waals surface area contributed by atoms with Crippen LogP contribution < -0.4 is 10.1 Å². The van der Waals surface area contributed by atoms with Crippen molar-refractivity contribution in [2.45, 2.75) is 13.8 Å². The lowest BCUT2D eigenvalue weighted by Crippen LogP contribution is -2.32. The van der Waals surface area contributed by atoms with Crippen molar-refractivity contribution in [2.75, 3.05) is 19.8 Å². The molecule has 0 aliphatic carbocycles. The number of amides is 1. The molecule has 0 atom stereocenters. The van der Waals surface area contributed by atoms with E-state index < -0.39 is 30.1 Å². The molecule has 2 aromatic rings. The fourth-order valence-electron chi connectivity index (χ4n) is 2.20. The lowest BCUT2D eigenvalue weighted by molar-refractivity contribution is -0.124. The van der Waals surface area contributed by atoms with Gasteiger partial charge in [-0.05, 0) is 43.7 Å². The van der Waals surface area contributed by atoms with Crippen molar-refractivity contribution in [1.82, 2.24) is 5.32 Å². The average molecular weight is 363 g/mol. The van der Waals surface area contributed by atoms with Gasteiger partial charge in [-0.1, -0.05) is 17.7 Å². The zero-order valence-corrected chi connectivity index (χ0v) is 14.5. The van der Waals surface area contributed by atoms with E-state index in [-0.39, 0.29) is 18.7 Å². The van der Waals surface area contributed by atoms with Crippen molar-refractivity contribution >= 4 is 11.9 Å². The van der Waals surface area contributed by atoms with E-state index in [9.17, 15) is 18.4 Å². The van der Waals surface area contributed by atoms with Crippen molar-refractivity contribution in [2.24, 2.45) is 0 Å². The van der Waals surface area contributed by atoms with E-state index in [1.165, 1.54) is 0 Å². The van der Waals surface area contributed by atoms with E-state index in [2.05, 4.69) is 5.32 Å². The first-order valence-corrected chi connectivity index (χ1v) is 7.95. The Morgan fingerprint density at radius 2 is 1.81 bits per heavy atom. The molecule has 0 fully saturated rings. The van der Waals surface area contributed by atoms with Crippen molar-refractivity contribution in [3.8, 4) is 5.75 Å². The molecule has 0 unspecified atom stereocenters. The van der Waals surface area contributed by atoms with Gasteiger partial charge in [-0.2, -0.15) is 0 Å². The molecule has 5 nitrogen and oxygen atoms in total. The predicted octanol–water partition coefficient (Wildman–Crippen LogP) is 2.93. The molecule has 1 amide bonds. The lowest BCUT2D eigenvalue weighted by Gasteiger charge is -2.10. The molecule has 7 heteroatoms. The van der Waals surface area contributed by atoms with Crippen LogP contribution in [-0.2, 0) is 9.53 Å². The van der Waals surface area contributed by atoms with Gasteiger partial charge in [0.15, 0.2) is 18.2 Å². The molecule has 2 aromatic carbocycles. The van der Waals surface area contributed by atoms with Crippen molar-refractivity contribution in [1.29, 1.82) is 0 Å². The molecule has 1 N–H and O–H groups in total. The van der Waals surface area contributed by atoms with E-state index >= 15 is 0 Å². The summed E-state index contributed by atoms with van der Waals surface area (Å²) in [6.07, 6.45) is 0. The molecule has 0 aliphatic rings. The molecule has 0 aliphatic heterocycles. The number of hydrogen-bond donors (Lipinski definition) is 1. The number of halogens is 2. The highest BCUT2D eigenvalue weighted by Gasteiger charge is 2.12. The van der Waals surface area contributed by atoms with Crippen LogP contribution in [0.4, 0.5) is 8.78 Å². The van der Waals surface area contributed by atoms with Crippen LogP contribution in [0.5, 0.6) is 5.75 Å². The Morgan fingerprint density at radius 3 is 2.50 bits per heavy atom. The summed E-state index contributed by atoms with van der Waals surface area (Å²) in [5, 5.41) is 2.54. The van der Waals surface area contributed by atoms with Crippen LogP contribution in [0.1, 0.15) is 21.5 Å². The van der Waals surface area contributed by atoms with Gasteiger partial charge in [0, 0.05) is 0 Å². The highest BCUT2D eigenvalue weighted by molar-refractivity contribution is 5.91. The highest BCUT2D eigenvalue weighted by Crippen LogP contribution is 2.18. The summed E-state index contributed by atoms with van der Waals surface area (Å²) in [5.74, 6) is -2.93. The number of aryl methyl sites for hydroxylation is 2. The van der Waals surface area contributed by atoms with Gasteiger partial charge in [-0.25, -0.2) is 13.6 Å². The number of esters is 1. The monoisotopic (exact) mass is 363 g/mol. The molecule has 0 aromatic heterocycles. The maximum absolute atomic E-state index is 13.1. The summed E-state index contributed by atoms with van der Waals surface area (Å²) in [6, 6.07) is 8.39. The van der Waals surface area contributed by atoms with Crippen LogP contribution in [0.25, 0.3) is 0 Å². The number of benzene rings is 2. The molecule has 0 radical (unpaired) electrons. The summed E-state index contributed by atoms with van der Waals surface area (Å²) < 4.78 is 36.2. The number of nitrogens with one attached hydrogen (secondary N) is 1. The number of carbonyl (C=O) groups is 2. The Balaban J connectivity index is 1.70. The molecule has 0 heterocycles. The summed E-state index contributed by atoms with van der Waals surface area (Å²) in [7, 11) is 0. The molecule has 0 saturated carbocycles. The summed E-state index contributed by atoms with van der Waals surface area (Å²) in [6.45, 7) is 3.88. The SMILES string of the molecule is Cc1ccc(OCCNC(=O)COC(=O)c2ccc(F)c(F)c2)c(C)c1. The van der Waals surface area contributed by atoms with E-state index in [0.717, 1.165) is 29.0 Å². The van der Waals surface area contributed by atoms with Gasteiger partial charge in [0.1, 0.15) is 12.4 Å². The van der Waals surface area contributed by atoms with Crippen LogP contribution in [0.15, 0.2) is 36.4 Å². The lowest BCUT2D eigenvalue weighted by atomic mass is 10.1. The highest BCUT2D eigenvalue weighted by atomic mass is 19.2. The van der Waals surface area contributed by atoms with Gasteiger partial charge in [0.25, 0.3) is 5.91 Å². The van der Waals surface area contributed by atoms with E-state index in [0.29, 0.717) is 6.07 Å². The second kappa shape index (κ2) is 8.94.